The lowest BCUT2D eigenvalue weighted by Gasteiger charge is -2.36. The van der Waals surface area contributed by atoms with E-state index in [9.17, 15) is 9.59 Å². The Bertz CT molecular complexity index is 1240. The van der Waals surface area contributed by atoms with E-state index in [0.717, 1.165) is 26.2 Å². The summed E-state index contributed by atoms with van der Waals surface area (Å²) in [6.45, 7) is 7.71. The Kier molecular flexibility index (Phi) is 7.16. The van der Waals surface area contributed by atoms with Crippen molar-refractivity contribution in [2.24, 2.45) is 0 Å². The number of hydrogen-bond donors (Lipinski definition) is 2. The number of fused-ring (bicyclic) bond motifs is 1. The molecule has 1 aromatic heterocycles. The van der Waals surface area contributed by atoms with Gasteiger partial charge in [-0.15, -0.1) is 0 Å². The molecular formula is C26H32N4O5. The van der Waals surface area contributed by atoms with Crippen molar-refractivity contribution in [3.63, 3.8) is 0 Å². The zero-order valence-electron chi connectivity index (χ0n) is 20.9. The normalized spacial score (nSPS) is 14.1. The summed E-state index contributed by atoms with van der Waals surface area (Å²) in [6.07, 6.45) is 0. The molecule has 0 radical (unpaired) electrons. The summed E-state index contributed by atoms with van der Waals surface area (Å²) >= 11 is 0. The van der Waals surface area contributed by atoms with E-state index in [2.05, 4.69) is 52.1 Å². The van der Waals surface area contributed by atoms with Gasteiger partial charge in [0.05, 0.1) is 39.1 Å². The van der Waals surface area contributed by atoms with E-state index in [1.54, 1.807) is 12.1 Å². The van der Waals surface area contributed by atoms with Crippen LogP contribution in [-0.2, 0) is 9.53 Å². The molecule has 1 saturated heterocycles. The Labute approximate surface area is 204 Å². The molecule has 2 aromatic carbocycles. The number of H-pyrrole nitrogens is 1. The van der Waals surface area contributed by atoms with Crippen LogP contribution < -0.4 is 19.7 Å². The van der Waals surface area contributed by atoms with Gasteiger partial charge in [-0.05, 0) is 37.1 Å². The highest BCUT2D eigenvalue weighted by molar-refractivity contribution is 6.11. The molecule has 2 N–H and O–H groups in total. The zero-order valence-corrected chi connectivity index (χ0v) is 20.9. The zero-order chi connectivity index (χ0) is 25.1. The van der Waals surface area contributed by atoms with E-state index < -0.39 is 5.97 Å². The molecule has 1 aliphatic heterocycles. The fourth-order valence-electron chi connectivity index (χ4n) is 4.51. The van der Waals surface area contributed by atoms with Crippen molar-refractivity contribution in [1.29, 1.82) is 0 Å². The van der Waals surface area contributed by atoms with Crippen LogP contribution in [0.3, 0.4) is 0 Å². The van der Waals surface area contributed by atoms with Gasteiger partial charge in [-0.2, -0.15) is 0 Å². The van der Waals surface area contributed by atoms with Gasteiger partial charge in [0.25, 0.3) is 0 Å². The second-order valence-corrected chi connectivity index (χ2v) is 8.65. The SMILES string of the molecule is COC(=O)c1[nH]c2cc(OC)c(OC)cc2c1NC(=O)CN1CCN(c2cccc(C)c2C)CC1. The Morgan fingerprint density at radius 3 is 2.34 bits per heavy atom. The number of anilines is 2. The van der Waals surface area contributed by atoms with Gasteiger partial charge in [0.2, 0.25) is 5.91 Å². The Morgan fingerprint density at radius 1 is 1.00 bits per heavy atom. The lowest BCUT2D eigenvalue weighted by molar-refractivity contribution is -0.117. The standard InChI is InChI=1S/C26H32N4O5/c1-16-7-6-8-20(17(16)2)30-11-9-29(10-12-30)15-23(31)28-24-18-13-21(33-3)22(34-4)14-19(18)27-25(24)26(32)35-5/h6-8,13-14,27H,9-12,15H2,1-5H3,(H,28,31). The number of esters is 1. The molecule has 1 aliphatic rings. The van der Waals surface area contributed by atoms with Crippen molar-refractivity contribution >= 4 is 34.2 Å². The predicted octanol–water partition coefficient (Wildman–Crippen LogP) is 3.35. The van der Waals surface area contributed by atoms with E-state index in [4.69, 9.17) is 14.2 Å². The number of nitrogens with one attached hydrogen (secondary N) is 2. The minimum absolute atomic E-state index is 0.172. The lowest BCUT2D eigenvalue weighted by Crippen LogP contribution is -2.48. The van der Waals surface area contributed by atoms with Crippen LogP contribution in [0, 0.1) is 13.8 Å². The van der Waals surface area contributed by atoms with Gasteiger partial charge in [0.15, 0.2) is 11.5 Å². The van der Waals surface area contributed by atoms with E-state index in [1.165, 1.54) is 38.1 Å². The maximum absolute atomic E-state index is 13.0. The number of aryl methyl sites for hydroxylation is 1. The molecule has 0 atom stereocenters. The number of benzene rings is 2. The minimum Gasteiger partial charge on any atom is -0.493 e. The first kappa shape index (κ1) is 24.4. The molecular weight excluding hydrogens is 448 g/mol. The summed E-state index contributed by atoms with van der Waals surface area (Å²) in [7, 11) is 4.38. The average Bonchev–Trinajstić information content (AvgIpc) is 3.21. The largest absolute Gasteiger partial charge is 0.493 e. The van der Waals surface area contributed by atoms with Crippen LogP contribution in [0.1, 0.15) is 21.6 Å². The van der Waals surface area contributed by atoms with Gasteiger partial charge >= 0.3 is 5.97 Å². The molecule has 4 rings (SSSR count). The molecule has 186 valence electrons. The number of hydrogen-bond acceptors (Lipinski definition) is 7. The van der Waals surface area contributed by atoms with Crippen molar-refractivity contribution in [1.82, 2.24) is 9.88 Å². The topological polar surface area (TPSA) is 96.1 Å². The second kappa shape index (κ2) is 10.3. The van der Waals surface area contributed by atoms with Crippen LogP contribution >= 0.6 is 0 Å². The summed E-state index contributed by atoms with van der Waals surface area (Å²) < 4.78 is 15.7. The third-order valence-electron chi connectivity index (χ3n) is 6.61. The minimum atomic E-state index is -0.573. The van der Waals surface area contributed by atoms with Crippen molar-refractivity contribution in [3.8, 4) is 11.5 Å². The highest BCUT2D eigenvalue weighted by Gasteiger charge is 2.24. The molecule has 0 saturated carbocycles. The molecule has 3 aromatic rings. The molecule has 9 nitrogen and oxygen atoms in total. The van der Waals surface area contributed by atoms with Crippen LogP contribution in [0.15, 0.2) is 30.3 Å². The number of aromatic nitrogens is 1. The van der Waals surface area contributed by atoms with E-state index >= 15 is 0 Å². The fourth-order valence-corrected chi connectivity index (χ4v) is 4.51. The number of aromatic amines is 1. The van der Waals surface area contributed by atoms with Crippen LogP contribution in [-0.4, -0.2) is 75.8 Å². The summed E-state index contributed by atoms with van der Waals surface area (Å²) in [4.78, 5) is 33.0. The van der Waals surface area contributed by atoms with Gasteiger partial charge in [0.1, 0.15) is 5.69 Å². The van der Waals surface area contributed by atoms with Crippen molar-refractivity contribution < 1.29 is 23.8 Å². The number of nitrogens with zero attached hydrogens (tertiary/aromatic N) is 2. The number of carbonyl (C=O) groups excluding carboxylic acids is 2. The monoisotopic (exact) mass is 480 g/mol. The highest BCUT2D eigenvalue weighted by atomic mass is 16.5. The number of rotatable bonds is 7. The summed E-state index contributed by atoms with van der Waals surface area (Å²) in [5, 5.41) is 3.56. The Balaban J connectivity index is 1.49. The lowest BCUT2D eigenvalue weighted by atomic mass is 10.1. The van der Waals surface area contributed by atoms with Gasteiger partial charge in [0, 0.05) is 43.3 Å². The van der Waals surface area contributed by atoms with E-state index in [0.29, 0.717) is 28.1 Å². The molecule has 1 amide bonds. The van der Waals surface area contributed by atoms with Gasteiger partial charge in [-0.25, -0.2) is 4.79 Å². The molecule has 0 bridgehead atoms. The number of methoxy groups -OCH3 is 3. The quantitative estimate of drug-likeness (QED) is 0.501. The maximum atomic E-state index is 13.0. The summed E-state index contributed by atoms with van der Waals surface area (Å²) in [5.41, 5.74) is 4.98. The highest BCUT2D eigenvalue weighted by Crippen LogP contribution is 2.37. The second-order valence-electron chi connectivity index (χ2n) is 8.65. The fraction of sp³-hybridized carbons (Fsp3) is 0.385. The molecule has 9 heteroatoms. The molecule has 0 spiro atoms. The van der Waals surface area contributed by atoms with E-state index in [-0.39, 0.29) is 18.1 Å². The van der Waals surface area contributed by atoms with Crippen molar-refractivity contribution in [2.45, 2.75) is 13.8 Å². The first-order chi connectivity index (χ1) is 16.9. The molecule has 0 unspecified atom stereocenters. The van der Waals surface area contributed by atoms with Gasteiger partial charge < -0.3 is 29.4 Å². The van der Waals surface area contributed by atoms with Gasteiger partial charge in [-0.3, -0.25) is 9.69 Å². The van der Waals surface area contributed by atoms with E-state index in [1.807, 2.05) is 0 Å². The smallest absolute Gasteiger partial charge is 0.356 e. The van der Waals surface area contributed by atoms with Crippen LogP contribution in [0.2, 0.25) is 0 Å². The van der Waals surface area contributed by atoms with Gasteiger partial charge in [-0.1, -0.05) is 12.1 Å². The van der Waals surface area contributed by atoms with Crippen LogP contribution in [0.5, 0.6) is 11.5 Å². The molecule has 1 fully saturated rings. The summed E-state index contributed by atoms with van der Waals surface area (Å²) in [6, 6.07) is 9.82. The Morgan fingerprint density at radius 2 is 1.69 bits per heavy atom. The molecule has 2 heterocycles. The number of amides is 1. The van der Waals surface area contributed by atoms with Crippen LogP contribution in [0.4, 0.5) is 11.4 Å². The first-order valence-corrected chi connectivity index (χ1v) is 11.6. The van der Waals surface area contributed by atoms with Crippen molar-refractivity contribution in [3.05, 3.63) is 47.2 Å². The maximum Gasteiger partial charge on any atom is 0.356 e. The number of carbonyl (C=O) groups is 2. The third-order valence-corrected chi connectivity index (χ3v) is 6.61. The molecule has 35 heavy (non-hydrogen) atoms. The molecule has 0 aliphatic carbocycles. The number of ether oxygens (including phenoxy) is 3. The number of piperazine rings is 1. The first-order valence-electron chi connectivity index (χ1n) is 11.6. The third kappa shape index (κ3) is 4.90. The van der Waals surface area contributed by atoms with Crippen LogP contribution in [0.25, 0.3) is 10.9 Å². The predicted molar refractivity (Wildman–Crippen MR) is 136 cm³/mol. The summed E-state index contributed by atoms with van der Waals surface area (Å²) in [5.74, 6) is 0.230. The Hall–Kier alpha value is -3.72. The van der Waals surface area contributed by atoms with Crippen molar-refractivity contribution in [2.75, 3.05) is 64.3 Å². The average molecular weight is 481 g/mol.